The van der Waals surface area contributed by atoms with E-state index in [4.69, 9.17) is 0 Å². The molecule has 1 saturated heterocycles. The Hall–Kier alpha value is -2.19. The van der Waals surface area contributed by atoms with Crippen molar-refractivity contribution < 1.29 is 19.8 Å². The highest BCUT2D eigenvalue weighted by molar-refractivity contribution is 5.88. The number of aryl methyl sites for hydroxylation is 1. The first-order chi connectivity index (χ1) is 11.0. The maximum Gasteiger partial charge on any atom is 0.237 e. The molecule has 2 amide bonds. The molecule has 8 nitrogen and oxygen atoms in total. The largest absolute Gasteiger partial charge is 0.506 e. The summed E-state index contributed by atoms with van der Waals surface area (Å²) in [5.41, 5.74) is 1.51. The summed E-state index contributed by atoms with van der Waals surface area (Å²) in [6.07, 6.45) is 1.56. The van der Waals surface area contributed by atoms with E-state index >= 15 is 0 Å². The Morgan fingerprint density at radius 1 is 1.57 bits per heavy atom. The van der Waals surface area contributed by atoms with Crippen LogP contribution in [-0.2, 0) is 22.7 Å². The summed E-state index contributed by atoms with van der Waals surface area (Å²) in [6.45, 7) is 2.71. The molecule has 1 unspecified atom stereocenters. The van der Waals surface area contributed by atoms with Crippen molar-refractivity contribution in [3.63, 3.8) is 0 Å². The van der Waals surface area contributed by atoms with Crippen LogP contribution >= 0.6 is 0 Å². The van der Waals surface area contributed by atoms with Crippen LogP contribution in [0.3, 0.4) is 0 Å². The van der Waals surface area contributed by atoms with Crippen LogP contribution in [0.5, 0.6) is 5.75 Å². The van der Waals surface area contributed by atoms with Crippen LogP contribution < -0.4 is 10.6 Å². The lowest BCUT2D eigenvalue weighted by molar-refractivity contribution is -0.134. The number of aliphatic hydroxyl groups is 1. The van der Waals surface area contributed by atoms with Crippen molar-refractivity contribution in [2.75, 3.05) is 20.1 Å². The Balaban J connectivity index is 2.27. The lowest BCUT2D eigenvalue weighted by atomic mass is 10.0. The minimum absolute atomic E-state index is 0.0150. The number of hydrogen-bond acceptors (Lipinski definition) is 6. The fraction of sp³-hybridized carbons (Fsp3) is 0.533. The normalized spacial score (nSPS) is 18.6. The Bertz CT molecular complexity index is 605. The van der Waals surface area contributed by atoms with Crippen LogP contribution in [0.1, 0.15) is 23.2 Å². The molecule has 126 valence electrons. The van der Waals surface area contributed by atoms with E-state index in [0.717, 1.165) is 0 Å². The van der Waals surface area contributed by atoms with Crippen molar-refractivity contribution in [1.29, 1.82) is 0 Å². The molecule has 0 radical (unpaired) electrons. The summed E-state index contributed by atoms with van der Waals surface area (Å²) in [5.74, 6) is -0.425. The van der Waals surface area contributed by atoms with Gasteiger partial charge in [-0.05, 0) is 6.92 Å². The van der Waals surface area contributed by atoms with Gasteiger partial charge >= 0.3 is 0 Å². The monoisotopic (exact) mass is 322 g/mol. The number of pyridine rings is 1. The molecule has 23 heavy (non-hydrogen) atoms. The Morgan fingerprint density at radius 2 is 2.30 bits per heavy atom. The van der Waals surface area contributed by atoms with Crippen molar-refractivity contribution in [2.24, 2.45) is 0 Å². The summed E-state index contributed by atoms with van der Waals surface area (Å²) >= 11 is 0. The van der Waals surface area contributed by atoms with Gasteiger partial charge in [0.25, 0.3) is 0 Å². The molecule has 1 aromatic rings. The van der Waals surface area contributed by atoms with Gasteiger partial charge in [-0.2, -0.15) is 0 Å². The van der Waals surface area contributed by atoms with Gasteiger partial charge in [0.2, 0.25) is 11.8 Å². The predicted octanol–water partition coefficient (Wildman–Crippen LogP) is -0.976. The molecule has 1 atom stereocenters. The third-order valence-electron chi connectivity index (χ3n) is 4.06. The first-order valence-corrected chi connectivity index (χ1v) is 7.47. The second-order valence-electron chi connectivity index (χ2n) is 5.51. The topological polar surface area (TPSA) is 115 Å². The van der Waals surface area contributed by atoms with Gasteiger partial charge in [0.05, 0.1) is 24.8 Å². The van der Waals surface area contributed by atoms with Crippen LogP contribution in [0.25, 0.3) is 0 Å². The van der Waals surface area contributed by atoms with E-state index in [2.05, 4.69) is 15.6 Å². The summed E-state index contributed by atoms with van der Waals surface area (Å²) in [6, 6.07) is -0.608. The van der Waals surface area contributed by atoms with E-state index in [1.807, 2.05) is 4.90 Å². The molecule has 1 aromatic heterocycles. The van der Waals surface area contributed by atoms with Crippen LogP contribution in [0.4, 0.5) is 0 Å². The van der Waals surface area contributed by atoms with E-state index in [9.17, 15) is 19.8 Å². The fourth-order valence-electron chi connectivity index (χ4n) is 2.65. The molecular formula is C15H22N4O4. The summed E-state index contributed by atoms with van der Waals surface area (Å²) in [5, 5.41) is 25.0. The van der Waals surface area contributed by atoms with E-state index in [0.29, 0.717) is 29.9 Å². The number of hydrogen-bond donors (Lipinski definition) is 4. The zero-order valence-corrected chi connectivity index (χ0v) is 13.3. The first-order valence-electron chi connectivity index (χ1n) is 7.47. The van der Waals surface area contributed by atoms with Crippen molar-refractivity contribution in [3.05, 3.63) is 23.0 Å². The highest BCUT2D eigenvalue weighted by Crippen LogP contribution is 2.27. The molecule has 8 heteroatoms. The lowest BCUT2D eigenvalue weighted by Gasteiger charge is -2.35. The van der Waals surface area contributed by atoms with Crippen molar-refractivity contribution in [3.8, 4) is 5.75 Å². The SMILES string of the molecule is CNC(=O)CC1C(=O)NCCN1Cc1c(CO)cnc(C)c1O. The molecule has 1 aliphatic rings. The number of nitrogens with one attached hydrogen (secondary N) is 2. The smallest absolute Gasteiger partial charge is 0.237 e. The predicted molar refractivity (Wildman–Crippen MR) is 82.5 cm³/mol. The van der Waals surface area contributed by atoms with E-state index < -0.39 is 6.04 Å². The minimum Gasteiger partial charge on any atom is -0.506 e. The molecule has 1 aliphatic heterocycles. The second kappa shape index (κ2) is 7.38. The third kappa shape index (κ3) is 3.77. The van der Waals surface area contributed by atoms with Gasteiger partial charge in [-0.25, -0.2) is 0 Å². The van der Waals surface area contributed by atoms with Crippen LogP contribution in [-0.4, -0.2) is 58.1 Å². The molecule has 1 fully saturated rings. The molecule has 0 bridgehead atoms. The zero-order valence-electron chi connectivity index (χ0n) is 13.3. The minimum atomic E-state index is -0.608. The van der Waals surface area contributed by atoms with Gasteiger partial charge in [-0.3, -0.25) is 19.5 Å². The van der Waals surface area contributed by atoms with Crippen LogP contribution in [0.2, 0.25) is 0 Å². The average molecular weight is 322 g/mol. The summed E-state index contributed by atoms with van der Waals surface area (Å²) in [4.78, 5) is 29.6. The van der Waals surface area contributed by atoms with E-state index in [1.165, 1.54) is 13.2 Å². The second-order valence-corrected chi connectivity index (χ2v) is 5.51. The molecule has 2 rings (SSSR count). The average Bonchev–Trinajstić information content (AvgIpc) is 2.55. The highest BCUT2D eigenvalue weighted by Gasteiger charge is 2.32. The number of nitrogens with zero attached hydrogens (tertiary/aromatic N) is 2. The number of aliphatic hydroxyl groups excluding tert-OH is 1. The van der Waals surface area contributed by atoms with Crippen molar-refractivity contribution in [1.82, 2.24) is 20.5 Å². The van der Waals surface area contributed by atoms with Crippen molar-refractivity contribution in [2.45, 2.75) is 32.5 Å². The highest BCUT2D eigenvalue weighted by atomic mass is 16.3. The number of amides is 2. The molecule has 2 heterocycles. The molecule has 4 N–H and O–H groups in total. The van der Waals surface area contributed by atoms with Crippen molar-refractivity contribution >= 4 is 11.8 Å². The Morgan fingerprint density at radius 3 is 2.96 bits per heavy atom. The van der Waals surface area contributed by atoms with Gasteiger partial charge < -0.3 is 20.8 Å². The number of aromatic nitrogens is 1. The van der Waals surface area contributed by atoms with E-state index in [-0.39, 0.29) is 37.1 Å². The number of rotatable bonds is 5. The maximum absolute atomic E-state index is 12.1. The number of carbonyl (C=O) groups is 2. The number of piperazine rings is 1. The lowest BCUT2D eigenvalue weighted by Crippen LogP contribution is -2.56. The molecular weight excluding hydrogens is 300 g/mol. The Labute approximate surface area is 134 Å². The quantitative estimate of drug-likeness (QED) is 0.554. The number of carbonyl (C=O) groups excluding carboxylic acids is 2. The van der Waals surface area contributed by atoms with Gasteiger partial charge in [-0.15, -0.1) is 0 Å². The van der Waals surface area contributed by atoms with Gasteiger partial charge in [-0.1, -0.05) is 0 Å². The maximum atomic E-state index is 12.1. The van der Waals surface area contributed by atoms with Crippen LogP contribution in [0.15, 0.2) is 6.20 Å². The van der Waals surface area contributed by atoms with Gasteiger partial charge in [0.1, 0.15) is 5.75 Å². The van der Waals surface area contributed by atoms with E-state index in [1.54, 1.807) is 6.92 Å². The van der Waals surface area contributed by atoms with Gasteiger partial charge in [0, 0.05) is 44.0 Å². The first kappa shape index (κ1) is 17.2. The standard InChI is InChI=1S/C15H22N4O4/c1-9-14(22)11(10(8-20)6-18-9)7-19-4-3-17-15(23)12(19)5-13(21)16-2/h6,12,20,22H,3-5,7-8H2,1-2H3,(H,16,21)(H,17,23). The fourth-order valence-corrected chi connectivity index (χ4v) is 2.65. The number of aromatic hydroxyl groups is 1. The molecule has 0 saturated carbocycles. The molecule has 0 aromatic carbocycles. The summed E-state index contributed by atoms with van der Waals surface area (Å²) in [7, 11) is 1.52. The Kier molecular flexibility index (Phi) is 5.51. The summed E-state index contributed by atoms with van der Waals surface area (Å²) < 4.78 is 0. The zero-order chi connectivity index (χ0) is 17.0. The van der Waals surface area contributed by atoms with Crippen LogP contribution in [0, 0.1) is 6.92 Å². The molecule has 0 aliphatic carbocycles. The third-order valence-corrected chi connectivity index (χ3v) is 4.06. The van der Waals surface area contributed by atoms with Gasteiger partial charge in [0.15, 0.2) is 0 Å². The molecule has 0 spiro atoms.